The normalized spacial score (nSPS) is 14.4. The number of rotatable bonds is 9. The molecule has 1 aromatic rings. The van der Waals surface area contributed by atoms with Gasteiger partial charge in [-0.1, -0.05) is 37.3 Å². The van der Waals surface area contributed by atoms with Gasteiger partial charge < -0.3 is 14.6 Å². The summed E-state index contributed by atoms with van der Waals surface area (Å²) in [5.74, 6) is 0.213. The summed E-state index contributed by atoms with van der Waals surface area (Å²) in [6, 6.07) is 10.2. The SMILES string of the molecule is C[C@H](CO)COCC[C@@H](C)OCc1ccccc1. The zero-order chi connectivity index (χ0) is 13.2. The lowest BCUT2D eigenvalue weighted by Crippen LogP contribution is -2.15. The van der Waals surface area contributed by atoms with Crippen LogP contribution < -0.4 is 0 Å². The minimum absolute atomic E-state index is 0.181. The highest BCUT2D eigenvalue weighted by molar-refractivity contribution is 5.13. The molecule has 1 N–H and O–H groups in total. The van der Waals surface area contributed by atoms with Crippen LogP contribution in [0.4, 0.5) is 0 Å². The Labute approximate surface area is 110 Å². The molecule has 18 heavy (non-hydrogen) atoms. The van der Waals surface area contributed by atoms with E-state index in [-0.39, 0.29) is 18.6 Å². The second kappa shape index (κ2) is 9.09. The minimum atomic E-state index is 0.181. The van der Waals surface area contributed by atoms with Crippen LogP contribution in [0.3, 0.4) is 0 Å². The predicted molar refractivity (Wildman–Crippen MR) is 72.4 cm³/mol. The summed E-state index contributed by atoms with van der Waals surface area (Å²) in [5.41, 5.74) is 1.19. The Morgan fingerprint density at radius 2 is 1.89 bits per heavy atom. The van der Waals surface area contributed by atoms with Crippen LogP contribution in [0.5, 0.6) is 0 Å². The first-order valence-electron chi connectivity index (χ1n) is 6.56. The molecule has 1 rings (SSSR count). The van der Waals surface area contributed by atoms with Gasteiger partial charge in [0.25, 0.3) is 0 Å². The smallest absolute Gasteiger partial charge is 0.0720 e. The van der Waals surface area contributed by atoms with Crippen molar-refractivity contribution in [2.45, 2.75) is 33.0 Å². The van der Waals surface area contributed by atoms with E-state index in [9.17, 15) is 0 Å². The lowest BCUT2D eigenvalue weighted by atomic mass is 10.2. The van der Waals surface area contributed by atoms with Crippen molar-refractivity contribution < 1.29 is 14.6 Å². The Bertz CT molecular complexity index is 300. The molecule has 0 spiro atoms. The van der Waals surface area contributed by atoms with E-state index in [1.54, 1.807) is 0 Å². The molecular weight excluding hydrogens is 228 g/mol. The van der Waals surface area contributed by atoms with Crippen LogP contribution in [0.2, 0.25) is 0 Å². The summed E-state index contributed by atoms with van der Waals surface area (Å²) in [6.45, 7) is 6.15. The average Bonchev–Trinajstić information content (AvgIpc) is 2.42. The maximum absolute atomic E-state index is 8.85. The summed E-state index contributed by atoms with van der Waals surface area (Å²) in [5, 5.41) is 8.85. The molecule has 0 saturated carbocycles. The van der Waals surface area contributed by atoms with Gasteiger partial charge >= 0.3 is 0 Å². The van der Waals surface area contributed by atoms with Crippen molar-refractivity contribution in [2.24, 2.45) is 5.92 Å². The van der Waals surface area contributed by atoms with Crippen LogP contribution in [0, 0.1) is 5.92 Å². The molecule has 0 heterocycles. The van der Waals surface area contributed by atoms with E-state index in [0.29, 0.717) is 19.8 Å². The van der Waals surface area contributed by atoms with Gasteiger partial charge in [-0.05, 0) is 18.9 Å². The highest BCUT2D eigenvalue weighted by atomic mass is 16.5. The first kappa shape index (κ1) is 15.2. The van der Waals surface area contributed by atoms with Crippen molar-refractivity contribution in [3.63, 3.8) is 0 Å². The molecule has 0 radical (unpaired) electrons. The first-order valence-corrected chi connectivity index (χ1v) is 6.56. The molecular formula is C15H24O3. The number of hydrogen-bond acceptors (Lipinski definition) is 3. The lowest BCUT2D eigenvalue weighted by Gasteiger charge is -2.14. The topological polar surface area (TPSA) is 38.7 Å². The molecule has 3 nitrogen and oxygen atoms in total. The van der Waals surface area contributed by atoms with Crippen LogP contribution in [0.15, 0.2) is 30.3 Å². The molecule has 0 bridgehead atoms. The monoisotopic (exact) mass is 252 g/mol. The van der Waals surface area contributed by atoms with E-state index in [1.165, 1.54) is 5.56 Å². The molecule has 0 saturated heterocycles. The van der Waals surface area contributed by atoms with Gasteiger partial charge in [0.1, 0.15) is 0 Å². The van der Waals surface area contributed by atoms with Crippen molar-refractivity contribution in [2.75, 3.05) is 19.8 Å². The molecule has 1 aromatic carbocycles. The average molecular weight is 252 g/mol. The Morgan fingerprint density at radius 1 is 1.17 bits per heavy atom. The summed E-state index contributed by atoms with van der Waals surface area (Å²) >= 11 is 0. The Balaban J connectivity index is 2.05. The number of aliphatic hydroxyl groups is 1. The third kappa shape index (κ3) is 6.74. The van der Waals surface area contributed by atoms with E-state index in [0.717, 1.165) is 6.42 Å². The van der Waals surface area contributed by atoms with E-state index in [2.05, 4.69) is 19.1 Å². The molecule has 0 aromatic heterocycles. The number of benzene rings is 1. The van der Waals surface area contributed by atoms with Gasteiger partial charge in [0.2, 0.25) is 0 Å². The van der Waals surface area contributed by atoms with Crippen molar-refractivity contribution in [3.8, 4) is 0 Å². The number of ether oxygens (including phenoxy) is 2. The molecule has 102 valence electrons. The fourth-order valence-corrected chi connectivity index (χ4v) is 1.48. The highest BCUT2D eigenvalue weighted by Gasteiger charge is 2.04. The van der Waals surface area contributed by atoms with Crippen molar-refractivity contribution in [1.29, 1.82) is 0 Å². The number of aliphatic hydroxyl groups excluding tert-OH is 1. The van der Waals surface area contributed by atoms with Crippen LogP contribution in [0.1, 0.15) is 25.8 Å². The van der Waals surface area contributed by atoms with E-state index >= 15 is 0 Å². The molecule has 0 aliphatic heterocycles. The Hall–Kier alpha value is -0.900. The van der Waals surface area contributed by atoms with Gasteiger partial charge in [-0.15, -0.1) is 0 Å². The quantitative estimate of drug-likeness (QED) is 0.687. The van der Waals surface area contributed by atoms with Crippen molar-refractivity contribution >= 4 is 0 Å². The fraction of sp³-hybridized carbons (Fsp3) is 0.600. The first-order chi connectivity index (χ1) is 8.72. The second-order valence-corrected chi connectivity index (χ2v) is 4.76. The zero-order valence-electron chi connectivity index (χ0n) is 11.3. The summed E-state index contributed by atoms with van der Waals surface area (Å²) in [4.78, 5) is 0. The van der Waals surface area contributed by atoms with Gasteiger partial charge in [-0.25, -0.2) is 0 Å². The van der Waals surface area contributed by atoms with Crippen LogP contribution in [-0.2, 0) is 16.1 Å². The van der Waals surface area contributed by atoms with Gasteiger partial charge in [0.05, 0.1) is 19.3 Å². The molecule has 3 heteroatoms. The van der Waals surface area contributed by atoms with Gasteiger partial charge in [-0.3, -0.25) is 0 Å². The molecule has 0 unspecified atom stereocenters. The second-order valence-electron chi connectivity index (χ2n) is 4.76. The van der Waals surface area contributed by atoms with Gasteiger partial charge in [-0.2, -0.15) is 0 Å². The predicted octanol–water partition coefficient (Wildman–Crippen LogP) is 2.63. The van der Waals surface area contributed by atoms with E-state index < -0.39 is 0 Å². The third-order valence-electron chi connectivity index (χ3n) is 2.76. The third-order valence-corrected chi connectivity index (χ3v) is 2.76. The highest BCUT2D eigenvalue weighted by Crippen LogP contribution is 2.06. The molecule has 2 atom stereocenters. The minimum Gasteiger partial charge on any atom is -0.396 e. The molecule has 0 aliphatic rings. The molecule has 0 amide bonds. The fourth-order valence-electron chi connectivity index (χ4n) is 1.48. The maximum atomic E-state index is 8.85. The summed E-state index contributed by atoms with van der Waals surface area (Å²) in [7, 11) is 0. The Kier molecular flexibility index (Phi) is 7.65. The Morgan fingerprint density at radius 3 is 2.56 bits per heavy atom. The van der Waals surface area contributed by atoms with Crippen LogP contribution >= 0.6 is 0 Å². The lowest BCUT2D eigenvalue weighted by molar-refractivity contribution is 0.0132. The van der Waals surface area contributed by atoms with E-state index in [1.807, 2.05) is 25.1 Å². The van der Waals surface area contributed by atoms with Crippen molar-refractivity contribution in [1.82, 2.24) is 0 Å². The zero-order valence-corrected chi connectivity index (χ0v) is 11.3. The largest absolute Gasteiger partial charge is 0.396 e. The number of hydrogen-bond donors (Lipinski definition) is 1. The van der Waals surface area contributed by atoms with Gasteiger partial charge in [0, 0.05) is 19.1 Å². The summed E-state index contributed by atoms with van der Waals surface area (Å²) in [6.07, 6.45) is 1.07. The standard InChI is InChI=1S/C15H24O3/c1-13(10-16)11-17-9-8-14(2)18-12-15-6-4-3-5-7-15/h3-7,13-14,16H,8-12H2,1-2H3/t13-,14-/m1/s1. The van der Waals surface area contributed by atoms with Crippen LogP contribution in [-0.4, -0.2) is 31.0 Å². The summed E-state index contributed by atoms with van der Waals surface area (Å²) < 4.78 is 11.2. The van der Waals surface area contributed by atoms with E-state index in [4.69, 9.17) is 14.6 Å². The molecule has 0 aliphatic carbocycles. The van der Waals surface area contributed by atoms with Crippen LogP contribution in [0.25, 0.3) is 0 Å². The maximum Gasteiger partial charge on any atom is 0.0720 e. The molecule has 0 fully saturated rings. The van der Waals surface area contributed by atoms with Gasteiger partial charge in [0.15, 0.2) is 0 Å². The van der Waals surface area contributed by atoms with Crippen molar-refractivity contribution in [3.05, 3.63) is 35.9 Å².